The number of aliphatic hydroxyl groups excluding tert-OH is 1. The lowest BCUT2D eigenvalue weighted by Gasteiger charge is -2.42. The summed E-state index contributed by atoms with van der Waals surface area (Å²) >= 11 is 0. The second kappa shape index (κ2) is 10.1. The van der Waals surface area contributed by atoms with E-state index in [1.807, 2.05) is 18.2 Å². The molecule has 3 aliphatic carbocycles. The van der Waals surface area contributed by atoms with Gasteiger partial charge in [0, 0.05) is 22.6 Å². The number of carbonyl (C=O) groups excluding carboxylic acids is 4. The smallest absolute Gasteiger partial charge is 0.335 e. The van der Waals surface area contributed by atoms with E-state index in [4.69, 9.17) is 9.84 Å². The van der Waals surface area contributed by atoms with Crippen LogP contribution >= 0.6 is 0 Å². The highest BCUT2D eigenvalue weighted by molar-refractivity contribution is 6.25. The zero-order chi connectivity index (χ0) is 29.0. The molecular formula is C32H27NO8. The monoisotopic (exact) mass is 553 g/mol. The molecule has 4 aliphatic rings. The van der Waals surface area contributed by atoms with Crippen molar-refractivity contribution in [3.05, 3.63) is 94.1 Å². The second-order valence-corrected chi connectivity index (χ2v) is 10.7. The maximum Gasteiger partial charge on any atom is 0.335 e. The molecule has 2 aromatic carbocycles. The van der Waals surface area contributed by atoms with E-state index in [1.165, 1.54) is 30.3 Å². The molecule has 0 radical (unpaired) electrons. The Morgan fingerprint density at radius 1 is 1.02 bits per heavy atom. The topological polar surface area (TPSA) is 138 Å². The third kappa shape index (κ3) is 4.24. The number of anilines is 1. The summed E-state index contributed by atoms with van der Waals surface area (Å²) in [5, 5.41) is 18.5. The van der Waals surface area contributed by atoms with Gasteiger partial charge in [-0.1, -0.05) is 29.8 Å². The minimum absolute atomic E-state index is 0.0378. The van der Waals surface area contributed by atoms with Gasteiger partial charge in [0.05, 0.1) is 29.7 Å². The van der Waals surface area contributed by atoms with Gasteiger partial charge in [0.1, 0.15) is 12.4 Å². The molecule has 6 rings (SSSR count). The minimum Gasteiger partial charge on any atom is -0.491 e. The van der Waals surface area contributed by atoms with Gasteiger partial charge in [-0.2, -0.15) is 0 Å². The average Bonchev–Trinajstić information content (AvgIpc) is 3.23. The number of ketones is 2. The van der Waals surface area contributed by atoms with Crippen molar-refractivity contribution in [3.63, 3.8) is 0 Å². The Balaban J connectivity index is 1.43. The fourth-order valence-corrected chi connectivity index (χ4v) is 6.69. The maximum atomic E-state index is 13.9. The predicted molar refractivity (Wildman–Crippen MR) is 146 cm³/mol. The number of nitrogens with zero attached hydrogens (tertiary/aromatic N) is 1. The van der Waals surface area contributed by atoms with Gasteiger partial charge in [-0.25, -0.2) is 4.79 Å². The average molecular weight is 554 g/mol. The lowest BCUT2D eigenvalue weighted by Crippen LogP contribution is -2.39. The molecule has 2 aromatic rings. The van der Waals surface area contributed by atoms with Crippen LogP contribution in [0.25, 0.3) is 0 Å². The number of hydrogen-bond donors (Lipinski definition) is 2. The Labute approximate surface area is 235 Å². The first-order chi connectivity index (χ1) is 19.7. The first-order valence-electron chi connectivity index (χ1n) is 13.5. The molecule has 9 heteroatoms. The Morgan fingerprint density at radius 2 is 1.78 bits per heavy atom. The van der Waals surface area contributed by atoms with E-state index in [2.05, 4.69) is 0 Å². The van der Waals surface area contributed by atoms with Gasteiger partial charge in [-0.3, -0.25) is 24.1 Å². The number of carboxylic acid groups (broad SMARTS) is 1. The third-order valence-corrected chi connectivity index (χ3v) is 8.49. The van der Waals surface area contributed by atoms with Crippen molar-refractivity contribution >= 4 is 35.0 Å². The Morgan fingerprint density at radius 3 is 2.49 bits per heavy atom. The summed E-state index contributed by atoms with van der Waals surface area (Å²) in [7, 11) is 0. The number of amides is 2. The number of Topliss-reactive ketones (excluding diaryl/α,β-unsaturated/α-hetero) is 1. The van der Waals surface area contributed by atoms with Crippen LogP contribution in [0.2, 0.25) is 0 Å². The number of aromatic carboxylic acids is 1. The SMILES string of the molecule is CC1=CC(=O)C2=C(C1=O)C(c1ccc(OCCO)cc1)C1=CCC3C(=O)N(c4cccc(C(=O)O)c4)C(=O)C3C1C2. The molecule has 1 saturated heterocycles. The fourth-order valence-electron chi connectivity index (χ4n) is 6.69. The summed E-state index contributed by atoms with van der Waals surface area (Å²) in [6.07, 6.45) is 3.71. The van der Waals surface area contributed by atoms with Crippen LogP contribution in [0.3, 0.4) is 0 Å². The number of ether oxygens (including phenoxy) is 1. The van der Waals surface area contributed by atoms with E-state index in [-0.39, 0.29) is 48.9 Å². The van der Waals surface area contributed by atoms with Gasteiger partial charge in [0.15, 0.2) is 11.6 Å². The normalized spacial score (nSPS) is 25.4. The van der Waals surface area contributed by atoms with Crippen LogP contribution in [0, 0.1) is 17.8 Å². The molecule has 1 aliphatic heterocycles. The van der Waals surface area contributed by atoms with E-state index in [1.54, 1.807) is 19.1 Å². The van der Waals surface area contributed by atoms with Crippen molar-refractivity contribution in [3.8, 4) is 5.75 Å². The third-order valence-electron chi connectivity index (χ3n) is 8.49. The quantitative estimate of drug-likeness (QED) is 0.315. The predicted octanol–water partition coefficient (Wildman–Crippen LogP) is 3.39. The van der Waals surface area contributed by atoms with Gasteiger partial charge in [-0.05, 0) is 67.7 Å². The molecule has 1 heterocycles. The van der Waals surface area contributed by atoms with Crippen molar-refractivity contribution in [2.75, 3.05) is 18.1 Å². The lowest BCUT2D eigenvalue weighted by molar-refractivity contribution is -0.123. The van der Waals surface area contributed by atoms with Crippen LogP contribution in [0.15, 0.2) is 83.0 Å². The molecule has 2 N–H and O–H groups in total. The molecule has 0 bridgehead atoms. The molecular weight excluding hydrogens is 526 g/mol. The summed E-state index contributed by atoms with van der Waals surface area (Å²) in [5.41, 5.74) is 2.86. The van der Waals surface area contributed by atoms with Crippen LogP contribution in [-0.4, -0.2) is 52.8 Å². The Kier molecular flexibility index (Phi) is 6.54. The number of imide groups is 1. The molecule has 0 aromatic heterocycles. The number of carboxylic acids is 1. The van der Waals surface area contributed by atoms with Crippen LogP contribution in [0.5, 0.6) is 5.75 Å². The fraction of sp³-hybridized carbons (Fsp3) is 0.281. The van der Waals surface area contributed by atoms with E-state index in [9.17, 15) is 29.1 Å². The second-order valence-electron chi connectivity index (χ2n) is 10.7. The summed E-state index contributed by atoms with van der Waals surface area (Å²) in [4.78, 5) is 66.9. The lowest BCUT2D eigenvalue weighted by atomic mass is 9.59. The summed E-state index contributed by atoms with van der Waals surface area (Å²) in [6, 6.07) is 12.8. The molecule has 1 fully saturated rings. The summed E-state index contributed by atoms with van der Waals surface area (Å²) in [5.74, 6) is -4.43. The molecule has 0 saturated carbocycles. The highest BCUT2D eigenvalue weighted by Crippen LogP contribution is 2.55. The number of carbonyl (C=O) groups is 5. The number of fused-ring (bicyclic) bond motifs is 3. The molecule has 41 heavy (non-hydrogen) atoms. The number of allylic oxidation sites excluding steroid dienone is 6. The van der Waals surface area contributed by atoms with Gasteiger partial charge in [0.2, 0.25) is 11.8 Å². The first-order valence-corrected chi connectivity index (χ1v) is 13.5. The van der Waals surface area contributed by atoms with Crippen molar-refractivity contribution in [2.24, 2.45) is 17.8 Å². The molecule has 4 unspecified atom stereocenters. The summed E-state index contributed by atoms with van der Waals surface area (Å²) < 4.78 is 5.49. The highest BCUT2D eigenvalue weighted by Gasteiger charge is 2.56. The zero-order valence-electron chi connectivity index (χ0n) is 22.2. The number of hydrogen-bond acceptors (Lipinski definition) is 7. The maximum absolute atomic E-state index is 13.9. The van der Waals surface area contributed by atoms with Crippen LogP contribution in [0.1, 0.15) is 41.6 Å². The molecule has 4 atom stereocenters. The van der Waals surface area contributed by atoms with Crippen molar-refractivity contribution in [2.45, 2.75) is 25.7 Å². The van der Waals surface area contributed by atoms with E-state index in [0.717, 1.165) is 16.0 Å². The first kappa shape index (κ1) is 26.6. The zero-order valence-corrected chi connectivity index (χ0v) is 22.2. The largest absolute Gasteiger partial charge is 0.491 e. The number of aliphatic hydroxyl groups is 1. The van der Waals surface area contributed by atoms with E-state index in [0.29, 0.717) is 22.5 Å². The highest BCUT2D eigenvalue weighted by atomic mass is 16.5. The molecule has 9 nitrogen and oxygen atoms in total. The van der Waals surface area contributed by atoms with E-state index >= 15 is 0 Å². The summed E-state index contributed by atoms with van der Waals surface area (Å²) in [6.45, 7) is 1.62. The van der Waals surface area contributed by atoms with Gasteiger partial charge >= 0.3 is 5.97 Å². The van der Waals surface area contributed by atoms with Crippen molar-refractivity contribution in [1.82, 2.24) is 0 Å². The minimum atomic E-state index is -1.17. The Bertz CT molecular complexity index is 1610. The number of benzene rings is 2. The standard InChI is InChI=1S/C32H27NO8/c1-16-13-25(35)24-15-23-21(26(28(24)29(16)36)17-5-7-20(8-6-17)41-12-11-34)9-10-22-27(23)31(38)33(30(22)37)19-4-2-3-18(14-19)32(39)40/h2-9,13-14,22-23,26-27,34H,10-12,15H2,1H3,(H,39,40). The molecule has 0 spiro atoms. The van der Waals surface area contributed by atoms with Gasteiger partial charge in [0.25, 0.3) is 0 Å². The van der Waals surface area contributed by atoms with Crippen LogP contribution in [-0.2, 0) is 19.2 Å². The van der Waals surface area contributed by atoms with Crippen LogP contribution in [0.4, 0.5) is 5.69 Å². The Hall–Kier alpha value is -4.63. The van der Waals surface area contributed by atoms with Gasteiger partial charge in [-0.15, -0.1) is 0 Å². The van der Waals surface area contributed by atoms with Crippen molar-refractivity contribution < 1.29 is 38.9 Å². The van der Waals surface area contributed by atoms with Crippen LogP contribution < -0.4 is 9.64 Å². The van der Waals surface area contributed by atoms with Crippen molar-refractivity contribution in [1.29, 1.82) is 0 Å². The molecule has 208 valence electrons. The van der Waals surface area contributed by atoms with Gasteiger partial charge < -0.3 is 14.9 Å². The molecule has 2 amide bonds. The number of rotatable bonds is 6. The van der Waals surface area contributed by atoms with E-state index < -0.39 is 41.5 Å².